The zero-order valence-corrected chi connectivity index (χ0v) is 13.2. The SMILES string of the molecule is Cc1cc2c(NCCC(=O)O)nc(-c3cccc(Cl)c3)nc2[nH]1. The molecule has 3 rings (SSSR count). The largest absolute Gasteiger partial charge is 0.481 e. The number of aliphatic carboxylic acids is 1. The Balaban J connectivity index is 2.04. The van der Waals surface area contributed by atoms with Crippen LogP contribution < -0.4 is 5.32 Å². The van der Waals surface area contributed by atoms with Crippen LogP contribution in [0.15, 0.2) is 30.3 Å². The fourth-order valence-electron chi connectivity index (χ4n) is 2.32. The van der Waals surface area contributed by atoms with E-state index >= 15 is 0 Å². The third-order valence-electron chi connectivity index (χ3n) is 3.34. The molecule has 0 aliphatic carbocycles. The molecule has 23 heavy (non-hydrogen) atoms. The normalized spacial score (nSPS) is 10.9. The topological polar surface area (TPSA) is 90.9 Å². The lowest BCUT2D eigenvalue weighted by atomic mass is 10.2. The first-order valence-electron chi connectivity index (χ1n) is 7.12. The summed E-state index contributed by atoms with van der Waals surface area (Å²) in [5.74, 6) is 0.276. The number of rotatable bonds is 5. The van der Waals surface area contributed by atoms with Crippen LogP contribution in [-0.4, -0.2) is 32.6 Å². The van der Waals surface area contributed by atoms with E-state index in [4.69, 9.17) is 16.7 Å². The van der Waals surface area contributed by atoms with E-state index in [2.05, 4.69) is 20.3 Å². The molecule has 3 N–H and O–H groups in total. The zero-order valence-electron chi connectivity index (χ0n) is 12.4. The van der Waals surface area contributed by atoms with Gasteiger partial charge in [-0.15, -0.1) is 0 Å². The molecular weight excluding hydrogens is 316 g/mol. The van der Waals surface area contributed by atoms with Crippen LogP contribution in [0.3, 0.4) is 0 Å². The molecule has 0 aliphatic rings. The molecule has 0 bridgehead atoms. The number of aromatic nitrogens is 3. The number of anilines is 1. The van der Waals surface area contributed by atoms with Gasteiger partial charge in [0.1, 0.15) is 11.5 Å². The Morgan fingerprint density at radius 3 is 2.91 bits per heavy atom. The van der Waals surface area contributed by atoms with Gasteiger partial charge in [-0.25, -0.2) is 9.97 Å². The first-order valence-corrected chi connectivity index (χ1v) is 7.49. The summed E-state index contributed by atoms with van der Waals surface area (Å²) in [6.07, 6.45) is 0.0153. The van der Waals surface area contributed by atoms with Crippen LogP contribution in [0.4, 0.5) is 5.82 Å². The summed E-state index contributed by atoms with van der Waals surface area (Å²) in [5, 5.41) is 13.3. The highest BCUT2D eigenvalue weighted by Crippen LogP contribution is 2.26. The molecule has 0 saturated heterocycles. The lowest BCUT2D eigenvalue weighted by molar-refractivity contribution is -0.136. The van der Waals surface area contributed by atoms with Crippen LogP contribution in [0, 0.1) is 6.92 Å². The summed E-state index contributed by atoms with van der Waals surface area (Å²) in [6.45, 7) is 2.22. The van der Waals surface area contributed by atoms with Gasteiger partial charge in [-0.1, -0.05) is 23.7 Å². The van der Waals surface area contributed by atoms with Crippen LogP contribution >= 0.6 is 11.6 Å². The smallest absolute Gasteiger partial charge is 0.305 e. The van der Waals surface area contributed by atoms with Crippen molar-refractivity contribution in [1.29, 1.82) is 0 Å². The molecule has 0 aliphatic heterocycles. The van der Waals surface area contributed by atoms with Crippen molar-refractivity contribution in [2.75, 3.05) is 11.9 Å². The first-order chi connectivity index (χ1) is 11.0. The minimum Gasteiger partial charge on any atom is -0.481 e. The van der Waals surface area contributed by atoms with E-state index < -0.39 is 5.97 Å². The average Bonchev–Trinajstić information content (AvgIpc) is 2.87. The Bertz CT molecular complexity index is 876. The average molecular weight is 331 g/mol. The quantitative estimate of drug-likeness (QED) is 0.666. The Morgan fingerprint density at radius 2 is 2.17 bits per heavy atom. The van der Waals surface area contributed by atoms with E-state index in [0.717, 1.165) is 16.6 Å². The molecule has 118 valence electrons. The van der Waals surface area contributed by atoms with Gasteiger partial charge in [0, 0.05) is 22.8 Å². The van der Waals surface area contributed by atoms with Gasteiger partial charge < -0.3 is 15.4 Å². The second kappa shape index (κ2) is 6.26. The minimum absolute atomic E-state index is 0.0153. The number of H-pyrrole nitrogens is 1. The Morgan fingerprint density at radius 1 is 1.35 bits per heavy atom. The highest BCUT2D eigenvalue weighted by Gasteiger charge is 2.12. The summed E-state index contributed by atoms with van der Waals surface area (Å²) >= 11 is 6.03. The Labute approximate surface area is 137 Å². The van der Waals surface area contributed by atoms with Crippen LogP contribution in [0.5, 0.6) is 0 Å². The van der Waals surface area contributed by atoms with Gasteiger partial charge in [-0.05, 0) is 25.1 Å². The number of nitrogens with one attached hydrogen (secondary N) is 2. The van der Waals surface area contributed by atoms with Crippen molar-refractivity contribution in [3.8, 4) is 11.4 Å². The van der Waals surface area contributed by atoms with Gasteiger partial charge in [0.15, 0.2) is 5.82 Å². The monoisotopic (exact) mass is 330 g/mol. The maximum atomic E-state index is 10.7. The van der Waals surface area contributed by atoms with E-state index in [1.165, 1.54) is 0 Å². The van der Waals surface area contributed by atoms with Gasteiger partial charge in [-0.2, -0.15) is 0 Å². The Kier molecular flexibility index (Phi) is 4.16. The molecule has 2 aromatic heterocycles. The summed E-state index contributed by atoms with van der Waals surface area (Å²) in [6, 6.07) is 9.22. The van der Waals surface area contributed by atoms with Gasteiger partial charge in [0.2, 0.25) is 0 Å². The fraction of sp³-hybridized carbons (Fsp3) is 0.188. The highest BCUT2D eigenvalue weighted by atomic mass is 35.5. The lowest BCUT2D eigenvalue weighted by Gasteiger charge is -2.08. The summed E-state index contributed by atoms with van der Waals surface area (Å²) < 4.78 is 0. The van der Waals surface area contributed by atoms with E-state index in [9.17, 15) is 4.79 Å². The van der Waals surface area contributed by atoms with Gasteiger partial charge in [0.05, 0.1) is 11.8 Å². The molecule has 0 radical (unpaired) electrons. The second-order valence-corrected chi connectivity index (χ2v) is 5.63. The van der Waals surface area contributed by atoms with Crippen LogP contribution in [0.25, 0.3) is 22.4 Å². The molecule has 0 spiro atoms. The molecule has 0 saturated carbocycles. The molecular formula is C16H15ClN4O2. The van der Waals surface area contributed by atoms with Crippen LogP contribution in [0.1, 0.15) is 12.1 Å². The van der Waals surface area contributed by atoms with Crippen LogP contribution in [0.2, 0.25) is 5.02 Å². The highest BCUT2D eigenvalue weighted by molar-refractivity contribution is 6.30. The maximum Gasteiger partial charge on any atom is 0.305 e. The number of aromatic amines is 1. The molecule has 7 heteroatoms. The number of carboxylic acid groups (broad SMARTS) is 1. The van der Waals surface area contributed by atoms with E-state index in [0.29, 0.717) is 28.9 Å². The number of fused-ring (bicyclic) bond motifs is 1. The molecule has 6 nitrogen and oxygen atoms in total. The standard InChI is InChI=1S/C16H15ClN4O2/c1-9-7-12-15(18-6-5-13(22)23)20-14(21-16(12)19-9)10-3-2-4-11(17)8-10/h2-4,7-8H,5-6H2,1H3,(H,22,23)(H2,18,19,20,21). The van der Waals surface area contributed by atoms with Crippen molar-refractivity contribution >= 4 is 34.4 Å². The molecule has 0 fully saturated rings. The number of halogens is 1. The van der Waals surface area contributed by atoms with E-state index in [1.54, 1.807) is 12.1 Å². The van der Waals surface area contributed by atoms with Crippen molar-refractivity contribution in [3.05, 3.63) is 41.0 Å². The molecule has 2 heterocycles. The predicted molar refractivity (Wildman–Crippen MR) is 89.8 cm³/mol. The molecule has 0 unspecified atom stereocenters. The number of hydrogen-bond acceptors (Lipinski definition) is 4. The summed E-state index contributed by atoms with van der Waals surface area (Å²) in [7, 11) is 0. The van der Waals surface area contributed by atoms with E-state index in [-0.39, 0.29) is 6.42 Å². The molecule has 3 aromatic rings. The van der Waals surface area contributed by atoms with Crippen molar-refractivity contribution in [2.45, 2.75) is 13.3 Å². The summed E-state index contributed by atoms with van der Waals surface area (Å²) in [5.41, 5.74) is 2.46. The number of hydrogen-bond donors (Lipinski definition) is 3. The summed E-state index contributed by atoms with van der Waals surface area (Å²) in [4.78, 5) is 22.9. The van der Waals surface area contributed by atoms with Crippen molar-refractivity contribution in [1.82, 2.24) is 15.0 Å². The number of carboxylic acids is 1. The molecule has 1 aromatic carbocycles. The number of carbonyl (C=O) groups is 1. The maximum absolute atomic E-state index is 10.7. The van der Waals surface area contributed by atoms with Gasteiger partial charge in [0.25, 0.3) is 0 Å². The van der Waals surface area contributed by atoms with Gasteiger partial charge >= 0.3 is 5.97 Å². The fourth-order valence-corrected chi connectivity index (χ4v) is 2.51. The number of nitrogens with zero attached hydrogens (tertiary/aromatic N) is 2. The van der Waals surface area contributed by atoms with Crippen LogP contribution in [-0.2, 0) is 4.79 Å². The molecule has 0 atom stereocenters. The van der Waals surface area contributed by atoms with Crippen molar-refractivity contribution < 1.29 is 9.90 Å². The predicted octanol–water partition coefficient (Wildman–Crippen LogP) is 3.47. The third-order valence-corrected chi connectivity index (χ3v) is 3.57. The second-order valence-electron chi connectivity index (χ2n) is 5.19. The zero-order chi connectivity index (χ0) is 16.4. The third kappa shape index (κ3) is 3.43. The van der Waals surface area contributed by atoms with Crippen molar-refractivity contribution in [3.63, 3.8) is 0 Å². The van der Waals surface area contributed by atoms with E-state index in [1.807, 2.05) is 25.1 Å². The van der Waals surface area contributed by atoms with Crippen molar-refractivity contribution in [2.24, 2.45) is 0 Å². The first kappa shape index (κ1) is 15.3. The van der Waals surface area contributed by atoms with Gasteiger partial charge in [-0.3, -0.25) is 4.79 Å². The Hall–Kier alpha value is -2.60. The number of benzene rings is 1. The number of aryl methyl sites for hydroxylation is 1. The minimum atomic E-state index is -0.858. The lowest BCUT2D eigenvalue weighted by Crippen LogP contribution is -2.09. The molecule has 0 amide bonds.